The Balaban J connectivity index is 2.69. The van der Waals surface area contributed by atoms with Crippen molar-refractivity contribution < 1.29 is 19.1 Å². The van der Waals surface area contributed by atoms with Crippen molar-refractivity contribution in [2.75, 3.05) is 40.5 Å². The molecule has 6 heteroatoms. The number of carbonyl (C=O) groups excluding carboxylic acids is 2. The second-order valence-electron chi connectivity index (χ2n) is 4.27. The summed E-state index contributed by atoms with van der Waals surface area (Å²) in [7, 11) is 2.98. The molecular weight excluding hydrogens is 248 g/mol. The number of nitrogens with zero attached hydrogens (tertiary/aromatic N) is 1. The molecule has 1 amide bonds. The second kappa shape index (κ2) is 7.91. The first kappa shape index (κ1) is 15.7. The second-order valence-corrected chi connectivity index (χ2v) is 4.27. The van der Waals surface area contributed by atoms with Crippen molar-refractivity contribution in [3.63, 3.8) is 0 Å². The smallest absolute Gasteiger partial charge is 0.333 e. The van der Waals surface area contributed by atoms with Crippen LogP contribution in [-0.2, 0) is 19.1 Å². The average Bonchev–Trinajstić information content (AvgIpc) is 2.47. The molecular formula is C13H22N2O4. The molecule has 1 heterocycles. The van der Waals surface area contributed by atoms with Crippen molar-refractivity contribution in [2.24, 2.45) is 0 Å². The number of methoxy groups -OCH3 is 1. The van der Waals surface area contributed by atoms with Crippen LogP contribution in [0.15, 0.2) is 11.6 Å². The Bertz CT molecular complexity index is 355. The molecule has 0 spiro atoms. The maximum Gasteiger partial charge on any atom is 0.333 e. The normalized spacial score (nSPS) is 21.0. The molecule has 0 saturated carbocycles. The van der Waals surface area contributed by atoms with Gasteiger partial charge in [-0.25, -0.2) is 4.79 Å². The van der Waals surface area contributed by atoms with Gasteiger partial charge >= 0.3 is 5.97 Å². The van der Waals surface area contributed by atoms with Crippen molar-refractivity contribution in [1.82, 2.24) is 10.2 Å². The molecule has 1 saturated heterocycles. The Morgan fingerprint density at radius 2 is 2.26 bits per heavy atom. The summed E-state index contributed by atoms with van der Waals surface area (Å²) in [5.74, 6) is -0.378. The molecule has 108 valence electrons. The monoisotopic (exact) mass is 270 g/mol. The van der Waals surface area contributed by atoms with Crippen molar-refractivity contribution in [3.05, 3.63) is 11.6 Å². The van der Waals surface area contributed by atoms with E-state index >= 15 is 0 Å². The summed E-state index contributed by atoms with van der Waals surface area (Å²) in [6.45, 7) is 4.10. The van der Waals surface area contributed by atoms with E-state index < -0.39 is 0 Å². The van der Waals surface area contributed by atoms with Gasteiger partial charge in [0.05, 0.1) is 20.3 Å². The van der Waals surface area contributed by atoms with Crippen molar-refractivity contribution >= 4 is 11.9 Å². The van der Waals surface area contributed by atoms with E-state index in [0.29, 0.717) is 38.3 Å². The van der Waals surface area contributed by atoms with Gasteiger partial charge in [0, 0.05) is 25.7 Å². The minimum absolute atomic E-state index is 0.0655. The van der Waals surface area contributed by atoms with Crippen LogP contribution in [0.3, 0.4) is 0 Å². The zero-order valence-electron chi connectivity index (χ0n) is 11.8. The zero-order chi connectivity index (χ0) is 14.3. The first-order valence-electron chi connectivity index (χ1n) is 6.44. The van der Waals surface area contributed by atoms with E-state index in [0.717, 1.165) is 0 Å². The topological polar surface area (TPSA) is 67.9 Å². The van der Waals surface area contributed by atoms with Gasteiger partial charge in [0.25, 0.3) is 0 Å². The van der Waals surface area contributed by atoms with Gasteiger partial charge in [-0.1, -0.05) is 13.0 Å². The molecule has 0 aromatic carbocycles. The predicted molar refractivity (Wildman–Crippen MR) is 70.6 cm³/mol. The number of ether oxygens (including phenoxy) is 2. The number of esters is 1. The summed E-state index contributed by atoms with van der Waals surface area (Å²) in [4.78, 5) is 25.2. The molecule has 1 unspecified atom stereocenters. The zero-order valence-corrected chi connectivity index (χ0v) is 11.8. The van der Waals surface area contributed by atoms with Crippen molar-refractivity contribution in [1.29, 1.82) is 0 Å². The van der Waals surface area contributed by atoms with Crippen LogP contribution in [0.25, 0.3) is 0 Å². The summed E-state index contributed by atoms with van der Waals surface area (Å²) < 4.78 is 10.0. The lowest BCUT2D eigenvalue weighted by atomic mass is 10.1. The van der Waals surface area contributed by atoms with Crippen LogP contribution in [0.5, 0.6) is 0 Å². The van der Waals surface area contributed by atoms with E-state index in [2.05, 4.69) is 5.32 Å². The van der Waals surface area contributed by atoms with Gasteiger partial charge < -0.3 is 14.8 Å². The number of carbonyl (C=O) groups is 2. The predicted octanol–water partition coefficient (Wildman–Crippen LogP) is -0.0574. The number of hydrogen-bond donors (Lipinski definition) is 1. The van der Waals surface area contributed by atoms with Crippen LogP contribution in [-0.4, -0.2) is 63.3 Å². The van der Waals surface area contributed by atoms with Crippen LogP contribution in [0.4, 0.5) is 0 Å². The Morgan fingerprint density at radius 1 is 1.53 bits per heavy atom. The standard InChI is InChI=1S/C13H22N2O4/c1-4-10(13(17)18-3)5-6-15-7-8-19-9-11(15)12(16)14-2/h5,11H,4,6-9H2,1-3H3,(H,14,16). The van der Waals surface area contributed by atoms with E-state index in [1.165, 1.54) is 7.11 Å². The molecule has 1 fully saturated rings. The van der Waals surface area contributed by atoms with Crippen LogP contribution in [0, 0.1) is 0 Å². The van der Waals surface area contributed by atoms with E-state index in [4.69, 9.17) is 9.47 Å². The SMILES string of the molecule is CCC(=CCN1CCOCC1C(=O)NC)C(=O)OC. The number of nitrogens with one attached hydrogen (secondary N) is 1. The van der Waals surface area contributed by atoms with Crippen LogP contribution < -0.4 is 5.32 Å². The highest BCUT2D eigenvalue weighted by Crippen LogP contribution is 2.09. The maximum absolute atomic E-state index is 11.7. The Kier molecular flexibility index (Phi) is 6.52. The van der Waals surface area contributed by atoms with Gasteiger partial charge in [-0.15, -0.1) is 0 Å². The average molecular weight is 270 g/mol. The fourth-order valence-corrected chi connectivity index (χ4v) is 2.00. The molecule has 6 nitrogen and oxygen atoms in total. The molecule has 1 aliphatic heterocycles. The molecule has 0 bridgehead atoms. The minimum Gasteiger partial charge on any atom is -0.466 e. The Labute approximate surface area is 113 Å². The van der Waals surface area contributed by atoms with Crippen molar-refractivity contribution in [2.45, 2.75) is 19.4 Å². The third kappa shape index (κ3) is 4.33. The molecule has 0 radical (unpaired) electrons. The van der Waals surface area contributed by atoms with Crippen molar-refractivity contribution in [3.8, 4) is 0 Å². The lowest BCUT2D eigenvalue weighted by Gasteiger charge is -2.33. The number of morpholine rings is 1. The van der Waals surface area contributed by atoms with Crippen LogP contribution in [0.1, 0.15) is 13.3 Å². The lowest BCUT2D eigenvalue weighted by Crippen LogP contribution is -2.53. The molecule has 1 atom stereocenters. The van der Waals surface area contributed by atoms with Gasteiger partial charge in [0.1, 0.15) is 6.04 Å². The molecule has 19 heavy (non-hydrogen) atoms. The van der Waals surface area contributed by atoms with Gasteiger partial charge in [-0.05, 0) is 6.42 Å². The summed E-state index contributed by atoms with van der Waals surface area (Å²) in [6.07, 6.45) is 2.44. The molecule has 0 aromatic rings. The van der Waals surface area contributed by atoms with E-state index in [1.54, 1.807) is 7.05 Å². The highest BCUT2D eigenvalue weighted by atomic mass is 16.5. The molecule has 1 N–H and O–H groups in total. The number of hydrogen-bond acceptors (Lipinski definition) is 5. The van der Waals surface area contributed by atoms with Gasteiger partial charge in [-0.3, -0.25) is 9.69 Å². The molecule has 0 aliphatic carbocycles. The number of likely N-dealkylation sites (N-methyl/N-ethyl adjacent to an activating group) is 1. The summed E-state index contributed by atoms with van der Waals surface area (Å²) in [5, 5.41) is 2.63. The van der Waals surface area contributed by atoms with Gasteiger partial charge in [0.2, 0.25) is 5.91 Å². The lowest BCUT2D eigenvalue weighted by molar-refractivity contribution is -0.136. The largest absolute Gasteiger partial charge is 0.466 e. The number of amides is 1. The van der Waals surface area contributed by atoms with Gasteiger partial charge in [-0.2, -0.15) is 0 Å². The maximum atomic E-state index is 11.7. The minimum atomic E-state index is -0.313. The molecule has 0 aromatic heterocycles. The van der Waals surface area contributed by atoms with Gasteiger partial charge in [0.15, 0.2) is 0 Å². The first-order valence-corrected chi connectivity index (χ1v) is 6.44. The van der Waals surface area contributed by atoms with E-state index in [1.807, 2.05) is 17.9 Å². The van der Waals surface area contributed by atoms with E-state index in [9.17, 15) is 9.59 Å². The Morgan fingerprint density at radius 3 is 2.84 bits per heavy atom. The molecule has 1 aliphatic rings. The Hall–Kier alpha value is -1.40. The first-order chi connectivity index (χ1) is 9.13. The summed E-state index contributed by atoms with van der Waals surface area (Å²) in [5.41, 5.74) is 0.629. The fraction of sp³-hybridized carbons (Fsp3) is 0.692. The highest BCUT2D eigenvalue weighted by Gasteiger charge is 2.28. The third-order valence-corrected chi connectivity index (χ3v) is 3.19. The summed E-state index contributed by atoms with van der Waals surface area (Å²) >= 11 is 0. The molecule has 1 rings (SSSR count). The number of rotatable bonds is 5. The highest BCUT2D eigenvalue weighted by molar-refractivity contribution is 5.88. The fourth-order valence-electron chi connectivity index (χ4n) is 2.00. The van der Waals surface area contributed by atoms with E-state index in [-0.39, 0.29) is 17.9 Å². The van der Waals surface area contributed by atoms with Crippen LogP contribution >= 0.6 is 0 Å². The summed E-state index contributed by atoms with van der Waals surface area (Å²) in [6, 6.07) is -0.300. The van der Waals surface area contributed by atoms with Crippen LogP contribution in [0.2, 0.25) is 0 Å². The third-order valence-electron chi connectivity index (χ3n) is 3.19. The quantitative estimate of drug-likeness (QED) is 0.560.